The zero-order valence-electron chi connectivity index (χ0n) is 17.3. The third-order valence-corrected chi connectivity index (χ3v) is 4.94. The lowest BCUT2D eigenvalue weighted by atomic mass is 10.1. The fraction of sp³-hybridized carbons (Fsp3) is 0.120. The zero-order chi connectivity index (χ0) is 22.0. The van der Waals surface area contributed by atoms with Gasteiger partial charge in [0.1, 0.15) is 11.5 Å². The largest absolute Gasteiger partial charge is 0.493 e. The Hall–Kier alpha value is -4.06. The average molecular weight is 416 g/mol. The van der Waals surface area contributed by atoms with Gasteiger partial charge in [-0.15, -0.1) is 0 Å². The number of carbonyl (C=O) groups is 2. The van der Waals surface area contributed by atoms with Crippen LogP contribution in [0.5, 0.6) is 23.0 Å². The molecule has 1 aliphatic heterocycles. The summed E-state index contributed by atoms with van der Waals surface area (Å²) in [5, 5.41) is 0. The molecule has 0 N–H and O–H groups in total. The average Bonchev–Trinajstić information content (AvgIpc) is 3.08. The van der Waals surface area contributed by atoms with Crippen LogP contribution >= 0.6 is 0 Å². The van der Waals surface area contributed by atoms with Gasteiger partial charge < -0.3 is 18.9 Å². The number of allylic oxidation sites excluding steroid dienone is 1. The second-order valence-corrected chi connectivity index (χ2v) is 6.88. The SMILES string of the molecule is COc1cccc(C=C2Oc3cc(OC(=O)c4ccccc4C)ccc3C2=O)c1OC. The molecule has 3 aromatic carbocycles. The molecule has 1 aliphatic rings. The van der Waals surface area contributed by atoms with Crippen molar-refractivity contribution in [3.63, 3.8) is 0 Å². The van der Waals surface area contributed by atoms with Crippen LogP contribution in [0.25, 0.3) is 6.08 Å². The van der Waals surface area contributed by atoms with Gasteiger partial charge in [0.25, 0.3) is 0 Å². The van der Waals surface area contributed by atoms with Crippen LogP contribution in [0, 0.1) is 6.92 Å². The van der Waals surface area contributed by atoms with Gasteiger partial charge in [-0.1, -0.05) is 30.3 Å². The topological polar surface area (TPSA) is 71.1 Å². The molecule has 156 valence electrons. The van der Waals surface area contributed by atoms with Gasteiger partial charge in [-0.2, -0.15) is 0 Å². The van der Waals surface area contributed by atoms with Gasteiger partial charge in [0.05, 0.1) is 25.3 Å². The number of carbonyl (C=O) groups excluding carboxylic acids is 2. The minimum Gasteiger partial charge on any atom is -0.493 e. The standard InChI is InChI=1S/C25H20O6/c1-15-7-4-5-9-18(15)25(27)30-17-11-12-19-21(14-17)31-22(23(19)26)13-16-8-6-10-20(28-2)24(16)29-3/h4-14H,1-3H3. The van der Waals surface area contributed by atoms with Gasteiger partial charge in [0, 0.05) is 11.6 Å². The monoisotopic (exact) mass is 416 g/mol. The molecule has 0 saturated carbocycles. The second kappa shape index (κ2) is 8.36. The van der Waals surface area contributed by atoms with Crippen LogP contribution < -0.4 is 18.9 Å². The predicted octanol–water partition coefficient (Wildman–Crippen LogP) is 4.85. The number of Topliss-reactive ketones (excluding diaryl/α,β-unsaturated/α-hetero) is 1. The number of ketones is 1. The van der Waals surface area contributed by atoms with Crippen molar-refractivity contribution in [2.75, 3.05) is 14.2 Å². The van der Waals surface area contributed by atoms with Gasteiger partial charge in [-0.05, 0) is 42.8 Å². The van der Waals surface area contributed by atoms with Gasteiger partial charge in [0.15, 0.2) is 17.3 Å². The highest BCUT2D eigenvalue weighted by Crippen LogP contribution is 2.37. The van der Waals surface area contributed by atoms with Crippen molar-refractivity contribution in [3.8, 4) is 23.0 Å². The van der Waals surface area contributed by atoms with E-state index < -0.39 is 5.97 Å². The minimum atomic E-state index is -0.473. The van der Waals surface area contributed by atoms with Crippen molar-refractivity contribution in [3.05, 3.63) is 88.7 Å². The molecular weight excluding hydrogens is 396 g/mol. The van der Waals surface area contributed by atoms with E-state index in [-0.39, 0.29) is 11.5 Å². The van der Waals surface area contributed by atoms with Crippen LogP contribution in [-0.4, -0.2) is 26.0 Å². The van der Waals surface area contributed by atoms with Gasteiger partial charge in [0.2, 0.25) is 5.78 Å². The number of benzene rings is 3. The molecule has 0 bridgehead atoms. The summed E-state index contributed by atoms with van der Waals surface area (Å²) in [6.45, 7) is 1.84. The molecule has 0 radical (unpaired) electrons. The maximum atomic E-state index is 12.8. The lowest BCUT2D eigenvalue weighted by Crippen LogP contribution is -2.10. The van der Waals surface area contributed by atoms with Crippen molar-refractivity contribution in [1.29, 1.82) is 0 Å². The number of aryl methyl sites for hydroxylation is 1. The molecule has 0 atom stereocenters. The van der Waals surface area contributed by atoms with Gasteiger partial charge in [-0.25, -0.2) is 4.79 Å². The van der Waals surface area contributed by atoms with E-state index in [4.69, 9.17) is 18.9 Å². The number of para-hydroxylation sites is 1. The van der Waals surface area contributed by atoms with Crippen molar-refractivity contribution < 1.29 is 28.5 Å². The fourth-order valence-corrected chi connectivity index (χ4v) is 3.36. The van der Waals surface area contributed by atoms with Crippen LogP contribution in [0.4, 0.5) is 0 Å². The minimum absolute atomic E-state index is 0.143. The summed E-state index contributed by atoms with van der Waals surface area (Å²) in [5.41, 5.74) is 2.33. The summed E-state index contributed by atoms with van der Waals surface area (Å²) in [6.07, 6.45) is 1.60. The Labute approximate surface area is 179 Å². The summed E-state index contributed by atoms with van der Waals surface area (Å²) in [4.78, 5) is 25.3. The molecular formula is C25H20O6. The number of rotatable bonds is 5. The molecule has 0 aliphatic carbocycles. The first-order chi connectivity index (χ1) is 15.0. The summed E-state index contributed by atoms with van der Waals surface area (Å²) >= 11 is 0. The quantitative estimate of drug-likeness (QED) is 0.336. The van der Waals surface area contributed by atoms with Crippen LogP contribution in [0.15, 0.2) is 66.4 Å². The van der Waals surface area contributed by atoms with Crippen molar-refractivity contribution in [2.24, 2.45) is 0 Å². The van der Waals surface area contributed by atoms with E-state index in [1.54, 1.807) is 55.7 Å². The zero-order valence-corrected chi connectivity index (χ0v) is 17.3. The van der Waals surface area contributed by atoms with E-state index in [1.165, 1.54) is 13.2 Å². The Morgan fingerprint density at radius 1 is 0.968 bits per heavy atom. The maximum Gasteiger partial charge on any atom is 0.343 e. The number of hydrogen-bond acceptors (Lipinski definition) is 6. The van der Waals surface area contributed by atoms with Gasteiger partial charge in [-0.3, -0.25) is 4.79 Å². The first-order valence-electron chi connectivity index (χ1n) is 9.59. The molecule has 1 heterocycles. The summed E-state index contributed by atoms with van der Waals surface area (Å²) in [6, 6.07) is 17.2. The highest BCUT2D eigenvalue weighted by Gasteiger charge is 2.28. The van der Waals surface area contributed by atoms with Crippen molar-refractivity contribution in [1.82, 2.24) is 0 Å². The highest BCUT2D eigenvalue weighted by atomic mass is 16.5. The smallest absolute Gasteiger partial charge is 0.343 e. The van der Waals surface area contributed by atoms with Crippen LogP contribution in [0.3, 0.4) is 0 Å². The molecule has 0 spiro atoms. The molecule has 6 nitrogen and oxygen atoms in total. The van der Waals surface area contributed by atoms with Gasteiger partial charge >= 0.3 is 5.97 Å². The predicted molar refractivity (Wildman–Crippen MR) is 115 cm³/mol. The first kappa shape index (κ1) is 20.2. The summed E-state index contributed by atoms with van der Waals surface area (Å²) in [7, 11) is 3.07. The summed E-state index contributed by atoms with van der Waals surface area (Å²) < 4.78 is 22.0. The summed E-state index contributed by atoms with van der Waals surface area (Å²) in [5.74, 6) is 1.07. The Morgan fingerprint density at radius 3 is 2.52 bits per heavy atom. The Kier molecular flexibility index (Phi) is 5.45. The molecule has 6 heteroatoms. The van der Waals surface area contributed by atoms with E-state index >= 15 is 0 Å². The Balaban J connectivity index is 1.60. The van der Waals surface area contributed by atoms with E-state index in [1.807, 2.05) is 19.1 Å². The number of ether oxygens (including phenoxy) is 4. The maximum absolute atomic E-state index is 12.8. The van der Waals surface area contributed by atoms with Crippen LogP contribution in [0.2, 0.25) is 0 Å². The third kappa shape index (κ3) is 3.88. The first-order valence-corrected chi connectivity index (χ1v) is 9.59. The Bertz CT molecular complexity index is 1210. The molecule has 0 aromatic heterocycles. The molecule has 0 fully saturated rings. The molecule has 0 amide bonds. The molecule has 3 aromatic rings. The van der Waals surface area contributed by atoms with E-state index in [2.05, 4.69) is 0 Å². The second-order valence-electron chi connectivity index (χ2n) is 6.88. The third-order valence-electron chi connectivity index (χ3n) is 4.94. The number of esters is 1. The normalized spacial score (nSPS) is 13.5. The van der Waals surface area contributed by atoms with E-state index in [0.717, 1.165) is 5.56 Å². The molecule has 0 unspecified atom stereocenters. The Morgan fingerprint density at radius 2 is 1.77 bits per heavy atom. The van der Waals surface area contributed by atoms with Crippen molar-refractivity contribution >= 4 is 17.8 Å². The number of methoxy groups -OCH3 is 2. The van der Waals surface area contributed by atoms with E-state index in [9.17, 15) is 9.59 Å². The van der Waals surface area contributed by atoms with Crippen LogP contribution in [0.1, 0.15) is 31.8 Å². The number of hydrogen-bond donors (Lipinski definition) is 0. The lowest BCUT2D eigenvalue weighted by Gasteiger charge is -2.10. The van der Waals surface area contributed by atoms with Crippen molar-refractivity contribution in [2.45, 2.75) is 6.92 Å². The molecule has 0 saturated heterocycles. The highest BCUT2D eigenvalue weighted by molar-refractivity contribution is 6.14. The molecule has 4 rings (SSSR count). The van der Waals surface area contributed by atoms with Crippen LogP contribution in [-0.2, 0) is 0 Å². The number of fused-ring (bicyclic) bond motifs is 1. The lowest BCUT2D eigenvalue weighted by molar-refractivity contribution is 0.0733. The van der Waals surface area contributed by atoms with E-state index in [0.29, 0.717) is 39.7 Å². The molecule has 31 heavy (non-hydrogen) atoms. The fourth-order valence-electron chi connectivity index (χ4n) is 3.36.